The molecule has 19 heavy (non-hydrogen) atoms. The summed E-state index contributed by atoms with van der Waals surface area (Å²) in [5.74, 6) is -4.17. The number of Topliss-reactive ketones (excluding diaryl/α,β-unsaturated/α-hetero) is 1. The van der Waals surface area contributed by atoms with Gasteiger partial charge in [-0.15, -0.1) is 0 Å². The fourth-order valence-corrected chi connectivity index (χ4v) is 2.93. The lowest BCUT2D eigenvalue weighted by Crippen LogP contribution is -2.35. The molecule has 1 atom stereocenters. The van der Waals surface area contributed by atoms with Crippen LogP contribution in [0.5, 0.6) is 0 Å². The van der Waals surface area contributed by atoms with Crippen molar-refractivity contribution in [2.75, 3.05) is 0 Å². The molecule has 1 aromatic carbocycles. The van der Waals surface area contributed by atoms with Gasteiger partial charge in [0, 0.05) is 18.1 Å². The summed E-state index contributed by atoms with van der Waals surface area (Å²) < 4.78 is 40.2. The molecule has 0 spiro atoms. The van der Waals surface area contributed by atoms with E-state index in [9.17, 15) is 18.0 Å². The molecule has 1 aliphatic rings. The van der Waals surface area contributed by atoms with E-state index in [1.165, 1.54) is 0 Å². The molecule has 104 valence electrons. The van der Waals surface area contributed by atoms with Crippen LogP contribution in [-0.2, 0) is 0 Å². The number of hydrogen-bond acceptors (Lipinski definition) is 1. The minimum atomic E-state index is -1.11. The first-order valence-corrected chi connectivity index (χ1v) is 6.51. The van der Waals surface area contributed by atoms with Gasteiger partial charge in [0.25, 0.3) is 0 Å². The second kappa shape index (κ2) is 4.99. The van der Waals surface area contributed by atoms with Crippen LogP contribution in [0, 0.1) is 28.8 Å². The van der Waals surface area contributed by atoms with Crippen molar-refractivity contribution in [1.29, 1.82) is 0 Å². The van der Waals surface area contributed by atoms with E-state index in [1.54, 1.807) is 0 Å². The molecule has 0 aromatic heterocycles. The van der Waals surface area contributed by atoms with Crippen LogP contribution in [-0.4, -0.2) is 5.78 Å². The molecular formula is C15H17F3O. The van der Waals surface area contributed by atoms with E-state index in [4.69, 9.17) is 0 Å². The Morgan fingerprint density at radius 3 is 2.26 bits per heavy atom. The predicted molar refractivity (Wildman–Crippen MR) is 66.4 cm³/mol. The number of benzene rings is 1. The van der Waals surface area contributed by atoms with Gasteiger partial charge in [0.1, 0.15) is 17.5 Å². The number of carbonyl (C=O) groups is 1. The van der Waals surface area contributed by atoms with Gasteiger partial charge < -0.3 is 0 Å². The Labute approximate surface area is 110 Å². The Morgan fingerprint density at radius 2 is 1.74 bits per heavy atom. The Balaban J connectivity index is 2.39. The fourth-order valence-electron chi connectivity index (χ4n) is 2.93. The largest absolute Gasteiger partial charge is 0.294 e. The summed E-state index contributed by atoms with van der Waals surface area (Å²) >= 11 is 0. The van der Waals surface area contributed by atoms with E-state index in [0.29, 0.717) is 18.6 Å². The van der Waals surface area contributed by atoms with Crippen molar-refractivity contribution in [3.8, 4) is 0 Å². The minimum Gasteiger partial charge on any atom is -0.294 e. The van der Waals surface area contributed by atoms with Gasteiger partial charge in [-0.25, -0.2) is 13.2 Å². The van der Waals surface area contributed by atoms with Crippen LogP contribution in [0.3, 0.4) is 0 Å². The second-order valence-corrected chi connectivity index (χ2v) is 5.90. The Kier molecular flexibility index (Phi) is 3.70. The number of ketones is 1. The highest BCUT2D eigenvalue weighted by Crippen LogP contribution is 2.42. The molecule has 1 aliphatic carbocycles. The van der Waals surface area contributed by atoms with Gasteiger partial charge in [-0.1, -0.05) is 26.7 Å². The maximum atomic E-state index is 13.7. The number of halogens is 3. The summed E-state index contributed by atoms with van der Waals surface area (Å²) in [5, 5.41) is 0. The molecule has 0 saturated heterocycles. The van der Waals surface area contributed by atoms with Gasteiger partial charge in [0.15, 0.2) is 5.78 Å². The first kappa shape index (κ1) is 14.1. The number of carbonyl (C=O) groups excluding carboxylic acids is 1. The van der Waals surface area contributed by atoms with Crippen LogP contribution in [0.4, 0.5) is 13.2 Å². The van der Waals surface area contributed by atoms with Crippen molar-refractivity contribution < 1.29 is 18.0 Å². The SMILES string of the molecule is CC1(C)CCCCC1C(=O)c1c(F)cc(F)cc1F. The molecule has 0 heterocycles. The summed E-state index contributed by atoms with van der Waals surface area (Å²) in [4.78, 5) is 12.4. The highest BCUT2D eigenvalue weighted by atomic mass is 19.1. The number of rotatable bonds is 2. The lowest BCUT2D eigenvalue weighted by molar-refractivity contribution is 0.0688. The fraction of sp³-hybridized carbons (Fsp3) is 0.533. The maximum absolute atomic E-state index is 13.7. The third kappa shape index (κ3) is 2.67. The first-order valence-electron chi connectivity index (χ1n) is 6.51. The zero-order valence-electron chi connectivity index (χ0n) is 11.1. The lowest BCUT2D eigenvalue weighted by Gasteiger charge is -2.37. The molecule has 1 fully saturated rings. The van der Waals surface area contributed by atoms with Crippen LogP contribution in [0.25, 0.3) is 0 Å². The second-order valence-electron chi connectivity index (χ2n) is 5.90. The van der Waals surface area contributed by atoms with Gasteiger partial charge in [0.2, 0.25) is 0 Å². The summed E-state index contributed by atoms with van der Waals surface area (Å²) in [6, 6.07) is 1.12. The summed E-state index contributed by atoms with van der Waals surface area (Å²) in [6.45, 7) is 3.88. The summed E-state index contributed by atoms with van der Waals surface area (Å²) in [7, 11) is 0. The van der Waals surface area contributed by atoms with Crippen LogP contribution in [0.15, 0.2) is 12.1 Å². The summed E-state index contributed by atoms with van der Waals surface area (Å²) in [5.41, 5.74) is -0.871. The van der Waals surface area contributed by atoms with Gasteiger partial charge >= 0.3 is 0 Å². The number of hydrogen-bond donors (Lipinski definition) is 0. The van der Waals surface area contributed by atoms with Crippen molar-refractivity contribution in [2.45, 2.75) is 39.5 Å². The topological polar surface area (TPSA) is 17.1 Å². The molecule has 0 radical (unpaired) electrons. The molecule has 1 saturated carbocycles. The van der Waals surface area contributed by atoms with Crippen molar-refractivity contribution >= 4 is 5.78 Å². The average Bonchev–Trinajstić information content (AvgIpc) is 2.26. The van der Waals surface area contributed by atoms with Crippen molar-refractivity contribution in [3.05, 3.63) is 35.1 Å². The quantitative estimate of drug-likeness (QED) is 0.723. The molecule has 0 amide bonds. The van der Waals surface area contributed by atoms with Crippen LogP contribution < -0.4 is 0 Å². The lowest BCUT2D eigenvalue weighted by atomic mass is 9.66. The van der Waals surface area contributed by atoms with Crippen molar-refractivity contribution in [1.82, 2.24) is 0 Å². The third-order valence-corrected chi connectivity index (χ3v) is 4.08. The zero-order chi connectivity index (χ0) is 14.2. The highest BCUT2D eigenvalue weighted by molar-refractivity contribution is 5.98. The van der Waals surface area contributed by atoms with Gasteiger partial charge in [-0.2, -0.15) is 0 Å². The predicted octanol–water partition coefficient (Wildman–Crippen LogP) is 4.50. The molecule has 0 aliphatic heterocycles. The Bertz CT molecular complexity index is 485. The highest BCUT2D eigenvalue weighted by Gasteiger charge is 2.39. The van der Waals surface area contributed by atoms with E-state index in [2.05, 4.69) is 0 Å². The summed E-state index contributed by atoms with van der Waals surface area (Å²) in [6.07, 6.45) is 3.38. The average molecular weight is 270 g/mol. The van der Waals surface area contributed by atoms with Gasteiger partial charge in [-0.3, -0.25) is 4.79 Å². The normalized spacial score (nSPS) is 22.3. The van der Waals surface area contributed by atoms with E-state index in [1.807, 2.05) is 13.8 Å². The van der Waals surface area contributed by atoms with Crippen LogP contribution in [0.1, 0.15) is 49.9 Å². The van der Waals surface area contributed by atoms with Gasteiger partial charge in [-0.05, 0) is 18.3 Å². The molecule has 1 nitrogen and oxygen atoms in total. The Hall–Kier alpha value is -1.32. The van der Waals surface area contributed by atoms with Crippen LogP contribution in [0.2, 0.25) is 0 Å². The zero-order valence-corrected chi connectivity index (χ0v) is 11.1. The molecule has 1 unspecified atom stereocenters. The molecule has 0 N–H and O–H groups in total. The Morgan fingerprint density at radius 1 is 1.16 bits per heavy atom. The van der Waals surface area contributed by atoms with E-state index < -0.39 is 34.7 Å². The molecule has 2 rings (SSSR count). The van der Waals surface area contributed by atoms with Crippen LogP contribution >= 0.6 is 0 Å². The molecular weight excluding hydrogens is 253 g/mol. The standard InChI is InChI=1S/C15H17F3O/c1-15(2)6-4-3-5-10(15)14(19)13-11(17)7-9(16)8-12(13)18/h7-8,10H,3-6H2,1-2H3. The smallest absolute Gasteiger partial charge is 0.172 e. The van der Waals surface area contributed by atoms with E-state index in [0.717, 1.165) is 19.3 Å². The molecule has 0 bridgehead atoms. The van der Waals surface area contributed by atoms with Gasteiger partial charge in [0.05, 0.1) is 5.56 Å². The van der Waals surface area contributed by atoms with E-state index >= 15 is 0 Å². The third-order valence-electron chi connectivity index (χ3n) is 4.08. The molecule has 4 heteroatoms. The maximum Gasteiger partial charge on any atom is 0.172 e. The monoisotopic (exact) mass is 270 g/mol. The minimum absolute atomic E-state index is 0.275. The molecule has 1 aromatic rings. The first-order chi connectivity index (χ1) is 8.83. The van der Waals surface area contributed by atoms with Crippen molar-refractivity contribution in [3.63, 3.8) is 0 Å². The van der Waals surface area contributed by atoms with Crippen molar-refractivity contribution in [2.24, 2.45) is 11.3 Å². The van der Waals surface area contributed by atoms with E-state index in [-0.39, 0.29) is 5.41 Å².